The zero-order valence-corrected chi connectivity index (χ0v) is 11.8. The highest BCUT2D eigenvalue weighted by Crippen LogP contribution is 2.47. The molecule has 1 saturated carbocycles. The fraction of sp³-hybridized carbons (Fsp3) is 0.500. The molecule has 0 aromatic carbocycles. The van der Waals surface area contributed by atoms with Gasteiger partial charge in [0.15, 0.2) is 11.4 Å². The second-order valence-electron chi connectivity index (χ2n) is 5.70. The van der Waals surface area contributed by atoms with E-state index in [2.05, 4.69) is 26.3 Å². The lowest BCUT2D eigenvalue weighted by Crippen LogP contribution is -2.57. The van der Waals surface area contributed by atoms with Gasteiger partial charge in [-0.2, -0.15) is 10.2 Å². The molecule has 0 radical (unpaired) electrons. The Labute approximate surface area is 121 Å². The average molecular weight is 284 g/mol. The third kappa shape index (κ3) is 1.83. The second kappa shape index (κ2) is 4.33. The van der Waals surface area contributed by atoms with Crippen molar-refractivity contribution in [3.05, 3.63) is 11.3 Å². The number of nitrogen functional groups attached to an aromatic ring is 1. The van der Waals surface area contributed by atoms with Crippen molar-refractivity contribution in [2.24, 2.45) is 0 Å². The van der Waals surface area contributed by atoms with Crippen molar-refractivity contribution in [1.29, 1.82) is 5.26 Å². The van der Waals surface area contributed by atoms with E-state index in [-0.39, 0.29) is 5.95 Å². The van der Waals surface area contributed by atoms with Crippen molar-refractivity contribution in [3.63, 3.8) is 0 Å². The van der Waals surface area contributed by atoms with Crippen molar-refractivity contribution >= 4 is 22.9 Å². The molecular formula is C14H16N6O. The van der Waals surface area contributed by atoms with E-state index in [0.29, 0.717) is 34.6 Å². The predicted molar refractivity (Wildman–Crippen MR) is 78.0 cm³/mol. The number of anilines is 2. The van der Waals surface area contributed by atoms with Gasteiger partial charge in [-0.15, -0.1) is 0 Å². The van der Waals surface area contributed by atoms with Crippen LogP contribution in [0.3, 0.4) is 0 Å². The Morgan fingerprint density at radius 3 is 2.76 bits per heavy atom. The fourth-order valence-corrected chi connectivity index (χ4v) is 2.88. The van der Waals surface area contributed by atoms with Gasteiger partial charge in [-0.1, -0.05) is 0 Å². The molecule has 0 amide bonds. The molecular weight excluding hydrogens is 268 g/mol. The SMILES string of the molecule is CNC1CN(c2nc(N)nc3c(C4CC4)c(C#N)oc23)C1. The number of nitrogens with one attached hydrogen (secondary N) is 1. The number of fused-ring (bicyclic) bond motifs is 1. The van der Waals surface area contributed by atoms with Crippen molar-refractivity contribution in [2.75, 3.05) is 30.8 Å². The van der Waals surface area contributed by atoms with Gasteiger partial charge in [-0.25, -0.2) is 4.98 Å². The zero-order valence-electron chi connectivity index (χ0n) is 11.8. The molecule has 1 saturated heterocycles. The van der Waals surface area contributed by atoms with Gasteiger partial charge in [-0.3, -0.25) is 0 Å². The van der Waals surface area contributed by atoms with Crippen LogP contribution in [-0.4, -0.2) is 36.1 Å². The van der Waals surface area contributed by atoms with Crippen LogP contribution in [0.25, 0.3) is 11.1 Å². The second-order valence-corrected chi connectivity index (χ2v) is 5.70. The number of hydrogen-bond donors (Lipinski definition) is 2. The van der Waals surface area contributed by atoms with Gasteiger partial charge in [0, 0.05) is 24.7 Å². The van der Waals surface area contributed by atoms with Crippen molar-refractivity contribution in [1.82, 2.24) is 15.3 Å². The maximum absolute atomic E-state index is 9.30. The molecule has 3 heterocycles. The van der Waals surface area contributed by atoms with Gasteiger partial charge in [-0.05, 0) is 25.8 Å². The maximum Gasteiger partial charge on any atom is 0.222 e. The molecule has 3 N–H and O–H groups in total. The Bertz CT molecular complexity index is 751. The summed E-state index contributed by atoms with van der Waals surface area (Å²) < 4.78 is 5.76. The first-order chi connectivity index (χ1) is 10.2. The van der Waals surface area contributed by atoms with Crippen LogP contribution in [0.15, 0.2) is 4.42 Å². The number of aromatic nitrogens is 2. The normalized spacial score (nSPS) is 18.8. The fourth-order valence-electron chi connectivity index (χ4n) is 2.88. The molecule has 4 rings (SSSR count). The number of nitrogens with zero attached hydrogens (tertiary/aromatic N) is 4. The first kappa shape index (κ1) is 12.4. The Morgan fingerprint density at radius 2 is 2.14 bits per heavy atom. The largest absolute Gasteiger partial charge is 0.440 e. The van der Waals surface area contributed by atoms with E-state index in [1.54, 1.807) is 0 Å². The number of furan rings is 1. The summed E-state index contributed by atoms with van der Waals surface area (Å²) in [5.41, 5.74) is 8.08. The summed E-state index contributed by atoms with van der Waals surface area (Å²) in [5, 5.41) is 12.5. The molecule has 2 aromatic rings. The smallest absolute Gasteiger partial charge is 0.222 e. The lowest BCUT2D eigenvalue weighted by molar-refractivity contribution is 0.445. The highest BCUT2D eigenvalue weighted by Gasteiger charge is 2.35. The third-order valence-electron chi connectivity index (χ3n) is 4.25. The highest BCUT2D eigenvalue weighted by molar-refractivity contribution is 5.90. The quantitative estimate of drug-likeness (QED) is 0.865. The summed E-state index contributed by atoms with van der Waals surface area (Å²) in [7, 11) is 1.94. The van der Waals surface area contributed by atoms with E-state index in [1.165, 1.54) is 0 Å². The van der Waals surface area contributed by atoms with Crippen molar-refractivity contribution in [2.45, 2.75) is 24.8 Å². The Kier molecular flexibility index (Phi) is 2.56. The molecule has 0 spiro atoms. The summed E-state index contributed by atoms with van der Waals surface area (Å²) in [5.74, 6) is 1.67. The van der Waals surface area contributed by atoms with Crippen LogP contribution >= 0.6 is 0 Å². The molecule has 1 aliphatic heterocycles. The van der Waals surface area contributed by atoms with Crippen molar-refractivity contribution < 1.29 is 4.42 Å². The number of nitrogens with two attached hydrogens (primary N) is 1. The van der Waals surface area contributed by atoms with Gasteiger partial charge < -0.3 is 20.4 Å². The summed E-state index contributed by atoms with van der Waals surface area (Å²) in [6.45, 7) is 1.70. The Morgan fingerprint density at radius 1 is 1.38 bits per heavy atom. The van der Waals surface area contributed by atoms with Gasteiger partial charge in [0.25, 0.3) is 0 Å². The third-order valence-corrected chi connectivity index (χ3v) is 4.25. The number of likely N-dealkylation sites (N-methyl/N-ethyl adjacent to an activating group) is 1. The average Bonchev–Trinajstić information content (AvgIpc) is 3.18. The molecule has 7 heteroatoms. The van der Waals surface area contributed by atoms with Crippen LogP contribution in [0.1, 0.15) is 30.1 Å². The molecule has 0 atom stereocenters. The number of rotatable bonds is 3. The van der Waals surface area contributed by atoms with Gasteiger partial charge in [0.1, 0.15) is 11.6 Å². The Hall–Kier alpha value is -2.33. The summed E-state index contributed by atoms with van der Waals surface area (Å²) in [4.78, 5) is 10.7. The van der Waals surface area contributed by atoms with Crippen molar-refractivity contribution in [3.8, 4) is 6.07 Å². The molecule has 2 aliphatic rings. The topological polar surface area (TPSA) is 104 Å². The van der Waals surface area contributed by atoms with Crippen LogP contribution < -0.4 is 16.0 Å². The van der Waals surface area contributed by atoms with Crippen LogP contribution in [-0.2, 0) is 0 Å². The standard InChI is InChI=1S/C14H16N6O/c1-17-8-5-20(6-8)13-12-11(18-14(16)19-13)10(7-2-3-7)9(4-15)21-12/h7-8,17H,2-3,5-6H2,1H3,(H2,16,18,19). The van der Waals surface area contributed by atoms with Crippen LogP contribution in [0.2, 0.25) is 0 Å². The minimum Gasteiger partial charge on any atom is -0.440 e. The van der Waals surface area contributed by atoms with E-state index in [9.17, 15) is 5.26 Å². The number of nitriles is 1. The van der Waals surface area contributed by atoms with E-state index in [0.717, 1.165) is 31.5 Å². The first-order valence-electron chi connectivity index (χ1n) is 7.13. The monoisotopic (exact) mass is 284 g/mol. The summed E-state index contributed by atoms with van der Waals surface area (Å²) >= 11 is 0. The first-order valence-corrected chi connectivity index (χ1v) is 7.13. The molecule has 108 valence electrons. The zero-order chi connectivity index (χ0) is 14.6. The molecule has 1 aliphatic carbocycles. The van der Waals surface area contributed by atoms with Crippen LogP contribution in [0, 0.1) is 11.3 Å². The van der Waals surface area contributed by atoms with E-state index >= 15 is 0 Å². The van der Waals surface area contributed by atoms with E-state index < -0.39 is 0 Å². The van der Waals surface area contributed by atoms with E-state index in [4.69, 9.17) is 10.2 Å². The molecule has 2 aromatic heterocycles. The lowest BCUT2D eigenvalue weighted by Gasteiger charge is -2.39. The van der Waals surface area contributed by atoms with Crippen LogP contribution in [0.4, 0.5) is 11.8 Å². The lowest BCUT2D eigenvalue weighted by atomic mass is 10.1. The van der Waals surface area contributed by atoms with Crippen LogP contribution in [0.5, 0.6) is 0 Å². The predicted octanol–water partition coefficient (Wildman–Crippen LogP) is 0.962. The van der Waals surface area contributed by atoms with Gasteiger partial charge in [0.05, 0.1) is 0 Å². The molecule has 0 bridgehead atoms. The molecule has 0 unspecified atom stereocenters. The van der Waals surface area contributed by atoms with E-state index in [1.807, 2.05) is 7.05 Å². The highest BCUT2D eigenvalue weighted by atomic mass is 16.3. The molecule has 2 fully saturated rings. The minimum atomic E-state index is 0.234. The molecule has 21 heavy (non-hydrogen) atoms. The summed E-state index contributed by atoms with van der Waals surface area (Å²) in [6.07, 6.45) is 2.15. The molecule has 7 nitrogen and oxygen atoms in total. The van der Waals surface area contributed by atoms with Gasteiger partial charge >= 0.3 is 0 Å². The van der Waals surface area contributed by atoms with Gasteiger partial charge in [0.2, 0.25) is 11.7 Å². The Balaban J connectivity index is 1.86. The number of hydrogen-bond acceptors (Lipinski definition) is 7. The minimum absolute atomic E-state index is 0.234. The summed E-state index contributed by atoms with van der Waals surface area (Å²) in [6, 6.07) is 2.59. The maximum atomic E-state index is 9.30.